The van der Waals surface area contributed by atoms with E-state index >= 15 is 0 Å². The van der Waals surface area contributed by atoms with Crippen molar-refractivity contribution < 1.29 is 14.4 Å². The minimum absolute atomic E-state index is 0.464. The number of rotatable bonds is 3. The Morgan fingerprint density at radius 1 is 1.45 bits per heavy atom. The lowest BCUT2D eigenvalue weighted by Gasteiger charge is -2.33. The van der Waals surface area contributed by atoms with Crippen molar-refractivity contribution in [3.8, 4) is 0 Å². The van der Waals surface area contributed by atoms with Gasteiger partial charge < -0.3 is 9.63 Å². The lowest BCUT2D eigenvalue weighted by molar-refractivity contribution is -0.144. The molecule has 0 saturated heterocycles. The molecule has 104 valence electrons. The van der Waals surface area contributed by atoms with Crippen LogP contribution in [0.3, 0.4) is 0 Å². The van der Waals surface area contributed by atoms with Crippen molar-refractivity contribution in [1.29, 1.82) is 0 Å². The largest absolute Gasteiger partial charge is 0.480 e. The summed E-state index contributed by atoms with van der Waals surface area (Å²) in [7, 11) is 0. The van der Waals surface area contributed by atoms with Crippen LogP contribution in [-0.2, 0) is 24.3 Å². The molecule has 5 nitrogen and oxygen atoms in total. The summed E-state index contributed by atoms with van der Waals surface area (Å²) in [4.78, 5) is 13.4. The van der Waals surface area contributed by atoms with Gasteiger partial charge in [-0.25, -0.2) is 0 Å². The third-order valence-corrected chi connectivity index (χ3v) is 3.67. The van der Waals surface area contributed by atoms with E-state index < -0.39 is 12.0 Å². The lowest BCUT2D eigenvalue weighted by Crippen LogP contribution is -2.44. The number of carboxylic acid groups (broad SMARTS) is 1. The fourth-order valence-corrected chi connectivity index (χ4v) is 2.68. The van der Waals surface area contributed by atoms with Crippen LogP contribution in [0.4, 0.5) is 0 Å². The van der Waals surface area contributed by atoms with E-state index in [2.05, 4.69) is 5.16 Å². The van der Waals surface area contributed by atoms with Crippen molar-refractivity contribution in [2.45, 2.75) is 32.5 Å². The van der Waals surface area contributed by atoms with E-state index in [1.807, 2.05) is 42.2 Å². The van der Waals surface area contributed by atoms with E-state index in [1.165, 1.54) is 5.56 Å². The van der Waals surface area contributed by atoms with Gasteiger partial charge in [0.1, 0.15) is 6.04 Å². The molecule has 1 aromatic carbocycles. The van der Waals surface area contributed by atoms with Gasteiger partial charge in [-0.1, -0.05) is 29.4 Å². The summed E-state index contributed by atoms with van der Waals surface area (Å²) < 4.78 is 5.20. The number of aryl methyl sites for hydroxylation is 1. The molecule has 2 heterocycles. The fraction of sp³-hybridized carbons (Fsp3) is 0.333. The van der Waals surface area contributed by atoms with Crippen molar-refractivity contribution >= 4 is 5.97 Å². The van der Waals surface area contributed by atoms with Crippen molar-refractivity contribution in [1.82, 2.24) is 10.1 Å². The Morgan fingerprint density at radius 2 is 2.20 bits per heavy atom. The summed E-state index contributed by atoms with van der Waals surface area (Å²) in [5, 5.41) is 13.3. The van der Waals surface area contributed by atoms with Crippen LogP contribution < -0.4 is 0 Å². The first kappa shape index (κ1) is 12.9. The number of aromatic nitrogens is 1. The third-order valence-electron chi connectivity index (χ3n) is 3.67. The van der Waals surface area contributed by atoms with Crippen LogP contribution in [0.1, 0.15) is 22.6 Å². The first-order valence-corrected chi connectivity index (χ1v) is 6.59. The van der Waals surface area contributed by atoms with E-state index in [1.54, 1.807) is 0 Å². The van der Waals surface area contributed by atoms with Crippen LogP contribution in [0.25, 0.3) is 0 Å². The van der Waals surface area contributed by atoms with Crippen LogP contribution in [0.5, 0.6) is 0 Å². The molecule has 3 rings (SSSR count). The van der Waals surface area contributed by atoms with Gasteiger partial charge >= 0.3 is 5.97 Å². The molecule has 0 amide bonds. The first-order valence-electron chi connectivity index (χ1n) is 6.59. The number of nitrogens with zero attached hydrogens (tertiary/aromatic N) is 2. The van der Waals surface area contributed by atoms with Gasteiger partial charge in [0.15, 0.2) is 5.76 Å². The van der Waals surface area contributed by atoms with Gasteiger partial charge in [-0.15, -0.1) is 0 Å². The minimum Gasteiger partial charge on any atom is -0.480 e. The van der Waals surface area contributed by atoms with E-state index in [4.69, 9.17) is 4.52 Å². The smallest absolute Gasteiger partial charge is 0.321 e. The molecule has 5 heteroatoms. The maximum absolute atomic E-state index is 11.5. The molecule has 0 spiro atoms. The number of hydrogen-bond donors (Lipinski definition) is 1. The second kappa shape index (κ2) is 5.09. The summed E-state index contributed by atoms with van der Waals surface area (Å²) >= 11 is 0. The zero-order valence-corrected chi connectivity index (χ0v) is 11.2. The average molecular weight is 272 g/mol. The van der Waals surface area contributed by atoms with Crippen molar-refractivity contribution in [2.75, 3.05) is 0 Å². The number of fused-ring (bicyclic) bond motifs is 1. The van der Waals surface area contributed by atoms with Gasteiger partial charge in [-0.05, 0) is 24.5 Å². The lowest BCUT2D eigenvalue weighted by atomic mass is 9.94. The van der Waals surface area contributed by atoms with E-state index in [-0.39, 0.29) is 0 Å². The highest BCUT2D eigenvalue weighted by molar-refractivity contribution is 5.74. The van der Waals surface area contributed by atoms with Crippen LogP contribution >= 0.6 is 0 Å². The monoisotopic (exact) mass is 272 g/mol. The second-order valence-corrected chi connectivity index (χ2v) is 5.17. The zero-order valence-electron chi connectivity index (χ0n) is 11.2. The number of aliphatic carboxylic acids is 1. The molecule has 0 aliphatic carbocycles. The maximum Gasteiger partial charge on any atom is 0.321 e. The predicted molar refractivity (Wildman–Crippen MR) is 72.1 cm³/mol. The van der Waals surface area contributed by atoms with E-state index in [0.717, 1.165) is 11.3 Å². The Kier molecular flexibility index (Phi) is 3.28. The Balaban J connectivity index is 1.86. The van der Waals surface area contributed by atoms with Crippen LogP contribution in [0.2, 0.25) is 0 Å². The molecule has 2 aromatic rings. The standard InChI is InChI=1S/C15H16N2O3/c1-10-6-13(20-16-10)9-17-8-12-5-3-2-4-11(12)7-14(17)15(18)19/h2-6,14H,7-9H2,1H3,(H,18,19)/t14-/m0/s1. The molecule has 0 fully saturated rings. The topological polar surface area (TPSA) is 66.6 Å². The van der Waals surface area contributed by atoms with Gasteiger partial charge in [-0.3, -0.25) is 9.69 Å². The molecule has 0 radical (unpaired) electrons. The van der Waals surface area contributed by atoms with Crippen molar-refractivity contribution in [2.24, 2.45) is 0 Å². The fourth-order valence-electron chi connectivity index (χ4n) is 2.68. The number of hydrogen-bond acceptors (Lipinski definition) is 4. The highest BCUT2D eigenvalue weighted by atomic mass is 16.5. The first-order chi connectivity index (χ1) is 9.63. The molecular weight excluding hydrogens is 256 g/mol. The highest BCUT2D eigenvalue weighted by Crippen LogP contribution is 2.25. The molecule has 1 N–H and O–H groups in total. The Morgan fingerprint density at radius 3 is 2.85 bits per heavy atom. The average Bonchev–Trinajstić information content (AvgIpc) is 2.83. The Bertz CT molecular complexity index is 636. The summed E-state index contributed by atoms with van der Waals surface area (Å²) in [5.41, 5.74) is 3.11. The Labute approximate surface area is 116 Å². The van der Waals surface area contributed by atoms with Gasteiger partial charge in [0, 0.05) is 12.6 Å². The summed E-state index contributed by atoms with van der Waals surface area (Å²) in [6.45, 7) is 2.94. The number of benzene rings is 1. The van der Waals surface area contributed by atoms with Crippen molar-refractivity contribution in [3.63, 3.8) is 0 Å². The molecule has 0 unspecified atom stereocenters. The van der Waals surface area contributed by atoms with Crippen LogP contribution in [0, 0.1) is 6.92 Å². The minimum atomic E-state index is -0.796. The van der Waals surface area contributed by atoms with Gasteiger partial charge in [0.05, 0.1) is 12.2 Å². The second-order valence-electron chi connectivity index (χ2n) is 5.17. The SMILES string of the molecule is Cc1cc(CN2Cc3ccccc3C[C@H]2C(=O)O)on1. The predicted octanol–water partition coefficient (Wildman–Crippen LogP) is 1.99. The molecule has 0 bridgehead atoms. The summed E-state index contributed by atoms with van der Waals surface area (Å²) in [6, 6.07) is 9.31. The van der Waals surface area contributed by atoms with Gasteiger partial charge in [-0.2, -0.15) is 0 Å². The van der Waals surface area contributed by atoms with Gasteiger partial charge in [0.2, 0.25) is 0 Å². The molecule has 1 aliphatic rings. The zero-order chi connectivity index (χ0) is 14.1. The van der Waals surface area contributed by atoms with E-state index in [0.29, 0.717) is 25.3 Å². The normalized spacial score (nSPS) is 18.8. The van der Waals surface area contributed by atoms with E-state index in [9.17, 15) is 9.90 Å². The molecular formula is C15H16N2O3. The molecule has 1 atom stereocenters. The third kappa shape index (κ3) is 2.44. The molecule has 0 saturated carbocycles. The quantitative estimate of drug-likeness (QED) is 0.925. The number of carbonyl (C=O) groups is 1. The highest BCUT2D eigenvalue weighted by Gasteiger charge is 2.31. The summed E-state index contributed by atoms with van der Waals surface area (Å²) in [6.07, 6.45) is 0.526. The molecule has 1 aromatic heterocycles. The maximum atomic E-state index is 11.5. The van der Waals surface area contributed by atoms with Crippen LogP contribution in [-0.4, -0.2) is 27.2 Å². The van der Waals surface area contributed by atoms with Crippen LogP contribution in [0.15, 0.2) is 34.9 Å². The summed E-state index contributed by atoms with van der Waals surface area (Å²) in [5.74, 6) is -0.0936. The van der Waals surface area contributed by atoms with Gasteiger partial charge in [0.25, 0.3) is 0 Å². The molecule has 20 heavy (non-hydrogen) atoms. The number of carboxylic acids is 1. The Hall–Kier alpha value is -2.14. The molecule has 1 aliphatic heterocycles. The van der Waals surface area contributed by atoms with Crippen molar-refractivity contribution in [3.05, 3.63) is 52.9 Å².